The summed E-state index contributed by atoms with van der Waals surface area (Å²) in [6.07, 6.45) is 2.13. The van der Waals surface area contributed by atoms with E-state index in [-0.39, 0.29) is 5.82 Å². The first-order valence-electron chi connectivity index (χ1n) is 8.01. The Balaban J connectivity index is 2.18. The summed E-state index contributed by atoms with van der Waals surface area (Å²) >= 11 is 0. The molecule has 130 valence electrons. The summed E-state index contributed by atoms with van der Waals surface area (Å²) in [6.45, 7) is 8.46. The fourth-order valence-corrected chi connectivity index (χ4v) is 4.11. The van der Waals surface area contributed by atoms with Crippen molar-refractivity contribution in [3.8, 4) is 0 Å². The predicted molar refractivity (Wildman–Crippen MR) is 96.9 cm³/mol. The summed E-state index contributed by atoms with van der Waals surface area (Å²) < 4.78 is 27.8. The van der Waals surface area contributed by atoms with Gasteiger partial charge in [0.15, 0.2) is 5.82 Å². The van der Waals surface area contributed by atoms with Gasteiger partial charge in [0, 0.05) is 6.54 Å². The van der Waals surface area contributed by atoms with E-state index in [1.165, 1.54) is 0 Å². The highest BCUT2D eigenvalue weighted by Crippen LogP contribution is 2.23. The number of nitrogens with zero attached hydrogens (tertiary/aromatic N) is 2. The van der Waals surface area contributed by atoms with Gasteiger partial charge in [-0.3, -0.25) is 4.72 Å². The van der Waals surface area contributed by atoms with Crippen molar-refractivity contribution in [2.75, 3.05) is 16.6 Å². The quantitative estimate of drug-likeness (QED) is 0.749. The molecule has 0 bridgehead atoms. The SMILES string of the molecule is CCCCNc1ccc(NS(=O)(=O)c2c(C)cc(C)cc2C)nn1. The molecule has 0 spiro atoms. The molecule has 0 amide bonds. The average molecular weight is 348 g/mol. The van der Waals surface area contributed by atoms with Gasteiger partial charge < -0.3 is 5.32 Å². The van der Waals surface area contributed by atoms with Crippen molar-refractivity contribution in [3.63, 3.8) is 0 Å². The standard InChI is InChI=1S/C17H24N4O2S/c1-5-6-9-18-15-7-8-16(20-19-15)21-24(22,23)17-13(3)10-12(2)11-14(17)4/h7-8,10-11H,5-6,9H2,1-4H3,(H,18,19)(H,20,21). The van der Waals surface area contributed by atoms with Crippen LogP contribution < -0.4 is 10.0 Å². The van der Waals surface area contributed by atoms with Crippen LogP contribution in [0.25, 0.3) is 0 Å². The molecule has 0 unspecified atom stereocenters. The van der Waals surface area contributed by atoms with Crippen LogP contribution in [-0.2, 0) is 10.0 Å². The third-order valence-electron chi connectivity index (χ3n) is 3.61. The molecule has 6 nitrogen and oxygen atoms in total. The Kier molecular flexibility index (Phi) is 5.77. The fourth-order valence-electron chi connectivity index (χ4n) is 2.65. The van der Waals surface area contributed by atoms with Crippen molar-refractivity contribution < 1.29 is 8.42 Å². The maximum Gasteiger partial charge on any atom is 0.263 e. The van der Waals surface area contributed by atoms with E-state index in [4.69, 9.17) is 0 Å². The van der Waals surface area contributed by atoms with Crippen LogP contribution in [0.1, 0.15) is 36.5 Å². The predicted octanol–water partition coefficient (Wildman–Crippen LogP) is 3.41. The van der Waals surface area contributed by atoms with Crippen LogP contribution >= 0.6 is 0 Å². The highest BCUT2D eigenvalue weighted by atomic mass is 32.2. The number of benzene rings is 1. The molecule has 2 rings (SSSR count). The summed E-state index contributed by atoms with van der Waals surface area (Å²) in [4.78, 5) is 0.292. The minimum atomic E-state index is -3.70. The Morgan fingerprint density at radius 3 is 2.12 bits per heavy atom. The van der Waals surface area contributed by atoms with Crippen LogP contribution in [0, 0.1) is 20.8 Å². The number of aromatic nitrogens is 2. The van der Waals surface area contributed by atoms with Gasteiger partial charge in [-0.05, 0) is 50.5 Å². The second-order valence-corrected chi connectivity index (χ2v) is 7.54. The number of anilines is 2. The van der Waals surface area contributed by atoms with Gasteiger partial charge in [-0.2, -0.15) is 0 Å². The molecule has 0 atom stereocenters. The Bertz CT molecular complexity index is 779. The average Bonchev–Trinajstić information content (AvgIpc) is 2.47. The number of unbranched alkanes of at least 4 members (excludes halogenated alkanes) is 1. The topological polar surface area (TPSA) is 84.0 Å². The van der Waals surface area contributed by atoms with Gasteiger partial charge in [0.25, 0.3) is 10.0 Å². The Morgan fingerprint density at radius 1 is 1.00 bits per heavy atom. The zero-order valence-electron chi connectivity index (χ0n) is 14.5. The number of rotatable bonds is 7. The molecule has 2 aromatic rings. The molecule has 7 heteroatoms. The molecule has 0 aliphatic heterocycles. The lowest BCUT2D eigenvalue weighted by atomic mass is 10.1. The smallest absolute Gasteiger partial charge is 0.263 e. The molecule has 0 aliphatic rings. The van der Waals surface area contributed by atoms with Gasteiger partial charge in [-0.15, -0.1) is 10.2 Å². The Hall–Kier alpha value is -2.15. The highest BCUT2D eigenvalue weighted by Gasteiger charge is 2.20. The minimum absolute atomic E-state index is 0.204. The van der Waals surface area contributed by atoms with Crippen LogP contribution in [0.5, 0.6) is 0 Å². The first kappa shape index (κ1) is 18.2. The van der Waals surface area contributed by atoms with Crippen molar-refractivity contribution in [1.82, 2.24) is 10.2 Å². The molecule has 1 heterocycles. The number of sulfonamides is 1. The van der Waals surface area contributed by atoms with Gasteiger partial charge in [0.2, 0.25) is 0 Å². The molecular weight excluding hydrogens is 324 g/mol. The van der Waals surface area contributed by atoms with Crippen molar-refractivity contribution in [2.45, 2.75) is 45.4 Å². The molecular formula is C17H24N4O2S. The third kappa shape index (κ3) is 4.44. The summed E-state index contributed by atoms with van der Waals surface area (Å²) in [5, 5.41) is 11.1. The van der Waals surface area contributed by atoms with E-state index in [2.05, 4.69) is 27.2 Å². The fraction of sp³-hybridized carbons (Fsp3) is 0.412. The second kappa shape index (κ2) is 7.61. The van der Waals surface area contributed by atoms with Crippen LogP contribution in [0.4, 0.5) is 11.6 Å². The molecule has 0 saturated heterocycles. The zero-order chi connectivity index (χ0) is 17.7. The maximum atomic E-state index is 12.7. The first-order valence-corrected chi connectivity index (χ1v) is 9.50. The molecule has 1 aromatic heterocycles. The van der Waals surface area contributed by atoms with Crippen molar-refractivity contribution in [3.05, 3.63) is 41.0 Å². The van der Waals surface area contributed by atoms with E-state index in [9.17, 15) is 8.42 Å². The van der Waals surface area contributed by atoms with E-state index in [0.717, 1.165) is 24.9 Å². The summed E-state index contributed by atoms with van der Waals surface area (Å²) in [5.41, 5.74) is 2.46. The molecule has 1 aromatic carbocycles. The molecule has 2 N–H and O–H groups in total. The van der Waals surface area contributed by atoms with Gasteiger partial charge >= 0.3 is 0 Å². The number of aryl methyl sites for hydroxylation is 3. The monoisotopic (exact) mass is 348 g/mol. The van der Waals surface area contributed by atoms with Gasteiger partial charge in [-0.1, -0.05) is 31.0 Å². The largest absolute Gasteiger partial charge is 0.369 e. The van der Waals surface area contributed by atoms with E-state index in [1.54, 1.807) is 26.0 Å². The molecule has 0 radical (unpaired) electrons. The summed E-state index contributed by atoms with van der Waals surface area (Å²) in [7, 11) is -3.70. The van der Waals surface area contributed by atoms with Crippen molar-refractivity contribution in [1.29, 1.82) is 0 Å². The lowest BCUT2D eigenvalue weighted by Gasteiger charge is -2.13. The van der Waals surface area contributed by atoms with E-state index in [1.807, 2.05) is 19.1 Å². The Morgan fingerprint density at radius 2 is 1.58 bits per heavy atom. The number of hydrogen-bond donors (Lipinski definition) is 2. The van der Waals surface area contributed by atoms with Gasteiger partial charge in [-0.25, -0.2) is 8.42 Å². The van der Waals surface area contributed by atoms with Crippen LogP contribution in [-0.4, -0.2) is 25.2 Å². The highest BCUT2D eigenvalue weighted by molar-refractivity contribution is 7.92. The van der Waals surface area contributed by atoms with Crippen LogP contribution in [0.3, 0.4) is 0 Å². The lowest BCUT2D eigenvalue weighted by Crippen LogP contribution is -2.17. The number of hydrogen-bond acceptors (Lipinski definition) is 5. The van der Waals surface area contributed by atoms with E-state index < -0.39 is 10.0 Å². The first-order chi connectivity index (χ1) is 11.3. The molecule has 0 fully saturated rings. The number of nitrogens with one attached hydrogen (secondary N) is 2. The summed E-state index contributed by atoms with van der Waals surface area (Å²) in [6, 6.07) is 7.04. The zero-order valence-corrected chi connectivity index (χ0v) is 15.4. The minimum Gasteiger partial charge on any atom is -0.369 e. The van der Waals surface area contributed by atoms with Crippen LogP contribution in [0.2, 0.25) is 0 Å². The van der Waals surface area contributed by atoms with Crippen LogP contribution in [0.15, 0.2) is 29.2 Å². The maximum absolute atomic E-state index is 12.7. The molecule has 24 heavy (non-hydrogen) atoms. The third-order valence-corrected chi connectivity index (χ3v) is 5.27. The van der Waals surface area contributed by atoms with Crippen molar-refractivity contribution in [2.24, 2.45) is 0 Å². The second-order valence-electron chi connectivity index (χ2n) is 5.92. The van der Waals surface area contributed by atoms with Crippen molar-refractivity contribution >= 4 is 21.7 Å². The van der Waals surface area contributed by atoms with Gasteiger partial charge in [0.05, 0.1) is 4.90 Å². The summed E-state index contributed by atoms with van der Waals surface area (Å²) in [5.74, 6) is 0.838. The van der Waals surface area contributed by atoms with E-state index in [0.29, 0.717) is 21.8 Å². The van der Waals surface area contributed by atoms with Gasteiger partial charge in [0.1, 0.15) is 5.82 Å². The normalized spacial score (nSPS) is 11.3. The Labute approximate surface area is 143 Å². The molecule has 0 saturated carbocycles. The molecule has 0 aliphatic carbocycles. The lowest BCUT2D eigenvalue weighted by molar-refractivity contribution is 0.599. The van der Waals surface area contributed by atoms with E-state index >= 15 is 0 Å².